The van der Waals surface area contributed by atoms with Crippen LogP contribution in [0.3, 0.4) is 0 Å². The zero-order chi connectivity index (χ0) is 12.4. The second-order valence-electron chi connectivity index (χ2n) is 3.72. The highest BCUT2D eigenvalue weighted by Gasteiger charge is 2.11. The number of nitrogen functional groups attached to an aromatic ring is 1. The first kappa shape index (κ1) is 11.7. The molecule has 0 radical (unpaired) electrons. The number of halogens is 2. The molecule has 0 saturated heterocycles. The molecule has 0 saturated carbocycles. The second kappa shape index (κ2) is 4.63. The molecule has 4 heteroatoms. The average molecular weight is 251 g/mol. The lowest BCUT2D eigenvalue weighted by atomic mass is 10.2. The van der Waals surface area contributed by atoms with Crippen molar-refractivity contribution in [2.45, 2.75) is 0 Å². The van der Waals surface area contributed by atoms with Crippen molar-refractivity contribution < 1.29 is 4.39 Å². The van der Waals surface area contributed by atoms with Crippen molar-refractivity contribution >= 4 is 28.7 Å². The van der Waals surface area contributed by atoms with Crippen LogP contribution in [0, 0.1) is 5.82 Å². The fraction of sp³-hybridized carbons (Fsp3) is 0.0769. The van der Waals surface area contributed by atoms with Crippen LogP contribution >= 0.6 is 11.6 Å². The highest BCUT2D eigenvalue weighted by molar-refractivity contribution is 6.31. The Hall–Kier alpha value is -1.74. The molecule has 2 N–H and O–H groups in total. The first-order valence-electron chi connectivity index (χ1n) is 5.13. The maximum absolute atomic E-state index is 13.4. The van der Waals surface area contributed by atoms with Crippen LogP contribution in [0.25, 0.3) is 0 Å². The predicted octanol–water partition coefficient (Wildman–Crippen LogP) is 3.83. The van der Waals surface area contributed by atoms with Crippen LogP contribution < -0.4 is 10.6 Å². The zero-order valence-electron chi connectivity index (χ0n) is 9.32. The zero-order valence-corrected chi connectivity index (χ0v) is 10.1. The molecule has 0 atom stereocenters. The van der Waals surface area contributed by atoms with Gasteiger partial charge in [0.25, 0.3) is 0 Å². The number of nitrogens with zero attached hydrogens (tertiary/aromatic N) is 1. The molecule has 0 spiro atoms. The van der Waals surface area contributed by atoms with E-state index >= 15 is 0 Å². The molecule has 0 fully saturated rings. The summed E-state index contributed by atoms with van der Waals surface area (Å²) in [6, 6.07) is 12.3. The SMILES string of the molecule is CN(c1ccccc1)c1cc(F)c(Cl)cc1N. The van der Waals surface area contributed by atoms with Crippen molar-refractivity contribution in [3.63, 3.8) is 0 Å². The van der Waals surface area contributed by atoms with E-state index in [-0.39, 0.29) is 5.02 Å². The van der Waals surface area contributed by atoms with Gasteiger partial charge in [-0.3, -0.25) is 0 Å². The van der Waals surface area contributed by atoms with Gasteiger partial charge in [0, 0.05) is 18.8 Å². The van der Waals surface area contributed by atoms with Crippen molar-refractivity contribution in [1.82, 2.24) is 0 Å². The van der Waals surface area contributed by atoms with E-state index in [1.807, 2.05) is 42.3 Å². The smallest absolute Gasteiger partial charge is 0.144 e. The summed E-state index contributed by atoms with van der Waals surface area (Å²) >= 11 is 5.66. The van der Waals surface area contributed by atoms with Gasteiger partial charge in [0.2, 0.25) is 0 Å². The van der Waals surface area contributed by atoms with Crippen LogP contribution in [-0.4, -0.2) is 7.05 Å². The Labute approximate surface area is 104 Å². The van der Waals surface area contributed by atoms with E-state index in [0.29, 0.717) is 11.4 Å². The van der Waals surface area contributed by atoms with Crippen LogP contribution in [-0.2, 0) is 0 Å². The molecular formula is C13H12ClFN2. The van der Waals surface area contributed by atoms with E-state index < -0.39 is 5.82 Å². The van der Waals surface area contributed by atoms with Crippen LogP contribution in [0.1, 0.15) is 0 Å². The molecule has 0 unspecified atom stereocenters. The average Bonchev–Trinajstić information content (AvgIpc) is 2.34. The summed E-state index contributed by atoms with van der Waals surface area (Å²) < 4.78 is 13.4. The van der Waals surface area contributed by atoms with Gasteiger partial charge in [-0.15, -0.1) is 0 Å². The number of hydrogen-bond acceptors (Lipinski definition) is 2. The third-order valence-corrected chi connectivity index (χ3v) is 2.86. The van der Waals surface area contributed by atoms with E-state index in [2.05, 4.69) is 0 Å². The Morgan fingerprint density at radius 3 is 2.47 bits per heavy atom. The molecule has 0 bridgehead atoms. The number of benzene rings is 2. The standard InChI is InChI=1S/C13H12ClFN2/c1-17(9-5-3-2-4-6-9)13-8-11(15)10(14)7-12(13)16/h2-8H,16H2,1H3. The molecule has 0 amide bonds. The van der Waals surface area contributed by atoms with Crippen molar-refractivity contribution in [1.29, 1.82) is 0 Å². The van der Waals surface area contributed by atoms with Crippen LogP contribution in [0.2, 0.25) is 5.02 Å². The van der Waals surface area contributed by atoms with E-state index in [1.165, 1.54) is 12.1 Å². The second-order valence-corrected chi connectivity index (χ2v) is 4.13. The maximum Gasteiger partial charge on any atom is 0.144 e. The van der Waals surface area contributed by atoms with E-state index in [9.17, 15) is 4.39 Å². The topological polar surface area (TPSA) is 29.3 Å². The largest absolute Gasteiger partial charge is 0.397 e. The third-order valence-electron chi connectivity index (χ3n) is 2.57. The van der Waals surface area contributed by atoms with E-state index in [1.54, 1.807) is 0 Å². The molecule has 2 nitrogen and oxygen atoms in total. The van der Waals surface area contributed by atoms with Crippen molar-refractivity contribution in [2.75, 3.05) is 17.7 Å². The minimum atomic E-state index is -0.473. The lowest BCUT2D eigenvalue weighted by Gasteiger charge is -2.21. The number of nitrogens with two attached hydrogens (primary N) is 1. The van der Waals surface area contributed by atoms with Crippen molar-refractivity contribution in [3.8, 4) is 0 Å². The van der Waals surface area contributed by atoms with Gasteiger partial charge in [-0.1, -0.05) is 29.8 Å². The minimum absolute atomic E-state index is 0.0349. The van der Waals surface area contributed by atoms with Gasteiger partial charge in [0.1, 0.15) is 5.82 Å². The molecule has 2 rings (SSSR count). The first-order valence-corrected chi connectivity index (χ1v) is 5.50. The number of para-hydroxylation sites is 1. The monoisotopic (exact) mass is 250 g/mol. The molecule has 0 heterocycles. The Morgan fingerprint density at radius 2 is 1.82 bits per heavy atom. The first-order chi connectivity index (χ1) is 8.09. The highest BCUT2D eigenvalue weighted by atomic mass is 35.5. The van der Waals surface area contributed by atoms with Gasteiger partial charge in [-0.2, -0.15) is 0 Å². The minimum Gasteiger partial charge on any atom is -0.397 e. The molecule has 2 aromatic rings. The summed E-state index contributed by atoms with van der Waals surface area (Å²) in [6.07, 6.45) is 0. The van der Waals surface area contributed by atoms with Crippen molar-refractivity contribution in [2.24, 2.45) is 0 Å². The Morgan fingerprint density at radius 1 is 1.18 bits per heavy atom. The Kier molecular flexibility index (Phi) is 3.20. The molecule has 0 aliphatic carbocycles. The van der Waals surface area contributed by atoms with Crippen molar-refractivity contribution in [3.05, 3.63) is 53.3 Å². The Bertz CT molecular complexity index is 528. The summed E-state index contributed by atoms with van der Waals surface area (Å²) in [6.45, 7) is 0. The molecule has 2 aromatic carbocycles. The number of rotatable bonds is 2. The summed E-state index contributed by atoms with van der Waals surface area (Å²) in [7, 11) is 1.83. The van der Waals surface area contributed by atoms with Gasteiger partial charge in [0.05, 0.1) is 16.4 Å². The van der Waals surface area contributed by atoms with Gasteiger partial charge in [-0.05, 0) is 18.2 Å². The van der Waals surface area contributed by atoms with Gasteiger partial charge >= 0.3 is 0 Å². The van der Waals surface area contributed by atoms with Crippen LogP contribution in [0.5, 0.6) is 0 Å². The normalized spacial score (nSPS) is 10.3. The molecule has 0 aliphatic heterocycles. The summed E-state index contributed by atoms with van der Waals surface area (Å²) in [4.78, 5) is 1.81. The summed E-state index contributed by atoms with van der Waals surface area (Å²) in [5, 5.41) is 0.0349. The highest BCUT2D eigenvalue weighted by Crippen LogP contribution is 2.32. The maximum atomic E-state index is 13.4. The summed E-state index contributed by atoms with van der Waals surface area (Å²) in [5.41, 5.74) is 7.81. The predicted molar refractivity (Wildman–Crippen MR) is 70.3 cm³/mol. The lowest BCUT2D eigenvalue weighted by molar-refractivity contribution is 0.628. The third kappa shape index (κ3) is 2.34. The van der Waals surface area contributed by atoms with Gasteiger partial charge in [-0.25, -0.2) is 4.39 Å². The molecule has 88 valence electrons. The fourth-order valence-corrected chi connectivity index (χ4v) is 1.80. The lowest BCUT2D eigenvalue weighted by Crippen LogP contribution is -2.11. The summed E-state index contributed by atoms with van der Waals surface area (Å²) in [5.74, 6) is -0.473. The van der Waals surface area contributed by atoms with E-state index in [0.717, 1.165) is 5.69 Å². The fourth-order valence-electron chi connectivity index (χ4n) is 1.63. The van der Waals surface area contributed by atoms with Gasteiger partial charge < -0.3 is 10.6 Å². The Balaban J connectivity index is 2.44. The molecule has 17 heavy (non-hydrogen) atoms. The number of hydrogen-bond donors (Lipinski definition) is 1. The number of anilines is 3. The van der Waals surface area contributed by atoms with Crippen LogP contribution in [0.4, 0.5) is 21.5 Å². The molecular weight excluding hydrogens is 239 g/mol. The molecule has 0 aliphatic rings. The van der Waals surface area contributed by atoms with E-state index in [4.69, 9.17) is 17.3 Å². The van der Waals surface area contributed by atoms with Gasteiger partial charge in [0.15, 0.2) is 0 Å². The van der Waals surface area contributed by atoms with Crippen LogP contribution in [0.15, 0.2) is 42.5 Å². The quantitative estimate of drug-likeness (QED) is 0.821. The molecule has 0 aromatic heterocycles.